The largest absolute Gasteiger partial charge is 0.489 e. The van der Waals surface area contributed by atoms with Gasteiger partial charge in [0.05, 0.1) is 20.5 Å². The fraction of sp³-hybridized carbons (Fsp3) is 0.0625. The van der Waals surface area contributed by atoms with Crippen LogP contribution in [0.5, 0.6) is 5.75 Å². The second kappa shape index (κ2) is 6.32. The molecule has 23 heavy (non-hydrogen) atoms. The molecule has 0 bridgehead atoms. The number of nitrogens with zero attached hydrogens (tertiary/aromatic N) is 1. The number of carbonyl (C=O) groups is 1. The highest BCUT2D eigenvalue weighted by Crippen LogP contribution is 2.41. The van der Waals surface area contributed by atoms with Crippen molar-refractivity contribution in [1.82, 2.24) is 0 Å². The highest BCUT2D eigenvalue weighted by molar-refractivity contribution is 14.1. The summed E-state index contributed by atoms with van der Waals surface area (Å²) in [5.74, 6) is 0.172. The van der Waals surface area contributed by atoms with Crippen molar-refractivity contribution in [2.75, 3.05) is 7.11 Å². The van der Waals surface area contributed by atoms with Crippen LogP contribution in [0, 0.1) is 13.7 Å². The maximum absolute atomic E-state index is 12.4. The normalized spacial score (nSPS) is 14.9. The summed E-state index contributed by atoms with van der Waals surface area (Å²) >= 11 is 3.36. The van der Waals surface area contributed by atoms with E-state index in [2.05, 4.69) is 0 Å². The van der Waals surface area contributed by atoms with Crippen LogP contribution < -0.4 is 4.74 Å². The second-order valence-corrected chi connectivity index (χ2v) is 6.99. The quantitative estimate of drug-likeness (QED) is 0.304. The minimum atomic E-state index is -0.485. The maximum Gasteiger partial charge on any atom is 0.312 e. The summed E-state index contributed by atoms with van der Waals surface area (Å²) < 4.78 is 5.72. The Morgan fingerprint density at radius 2 is 2.04 bits per heavy atom. The van der Waals surface area contributed by atoms with Crippen molar-refractivity contribution in [3.8, 4) is 5.75 Å². The van der Waals surface area contributed by atoms with Crippen molar-refractivity contribution in [1.29, 1.82) is 0 Å². The summed E-state index contributed by atoms with van der Waals surface area (Å²) in [4.78, 5) is 24.5. The number of hydrogen-bond acceptors (Lipinski definition) is 5. The molecular formula is C16H10INO4S. The molecule has 0 aliphatic carbocycles. The molecule has 0 unspecified atom stereocenters. The molecule has 2 aromatic carbocycles. The number of methoxy groups -OCH3 is 1. The van der Waals surface area contributed by atoms with E-state index in [1.807, 2.05) is 40.8 Å². The van der Waals surface area contributed by atoms with Crippen molar-refractivity contribution >= 4 is 51.9 Å². The topological polar surface area (TPSA) is 69.4 Å². The zero-order valence-electron chi connectivity index (χ0n) is 11.9. The monoisotopic (exact) mass is 439 g/mol. The Kier molecular flexibility index (Phi) is 4.40. The lowest BCUT2D eigenvalue weighted by atomic mass is 10.1. The molecule has 7 heteroatoms. The van der Waals surface area contributed by atoms with Gasteiger partial charge < -0.3 is 4.74 Å². The van der Waals surface area contributed by atoms with Crippen LogP contribution in [0.15, 0.2) is 46.2 Å². The molecular weight excluding hydrogens is 429 g/mol. The van der Waals surface area contributed by atoms with Gasteiger partial charge in [-0.05, 0) is 52.4 Å². The molecule has 0 saturated carbocycles. The van der Waals surface area contributed by atoms with Crippen LogP contribution in [0.4, 0.5) is 5.69 Å². The SMILES string of the molecule is COc1c(I)cc(/C=C2\Sc3ccccc3C2=O)cc1[N+](=O)[O-]. The zero-order valence-corrected chi connectivity index (χ0v) is 14.9. The van der Waals surface area contributed by atoms with Crippen molar-refractivity contribution in [2.24, 2.45) is 0 Å². The van der Waals surface area contributed by atoms with Gasteiger partial charge >= 0.3 is 5.69 Å². The number of fused-ring (bicyclic) bond motifs is 1. The van der Waals surface area contributed by atoms with Crippen molar-refractivity contribution in [2.45, 2.75) is 4.90 Å². The molecule has 0 fully saturated rings. The van der Waals surface area contributed by atoms with E-state index < -0.39 is 4.92 Å². The smallest absolute Gasteiger partial charge is 0.312 e. The average molecular weight is 439 g/mol. The van der Waals surface area contributed by atoms with Crippen molar-refractivity contribution in [3.05, 3.63) is 66.1 Å². The Morgan fingerprint density at radius 3 is 2.70 bits per heavy atom. The molecule has 0 N–H and O–H groups in total. The minimum absolute atomic E-state index is 0.0564. The summed E-state index contributed by atoms with van der Waals surface area (Å²) in [7, 11) is 1.40. The first-order chi connectivity index (χ1) is 11.0. The number of nitro groups is 1. The second-order valence-electron chi connectivity index (χ2n) is 4.75. The van der Waals surface area contributed by atoms with E-state index in [1.54, 1.807) is 18.2 Å². The van der Waals surface area contributed by atoms with Crippen LogP contribution in [0.1, 0.15) is 15.9 Å². The number of benzene rings is 2. The molecule has 0 radical (unpaired) electrons. The van der Waals surface area contributed by atoms with Crippen molar-refractivity contribution in [3.63, 3.8) is 0 Å². The molecule has 116 valence electrons. The van der Waals surface area contributed by atoms with Gasteiger partial charge in [-0.3, -0.25) is 14.9 Å². The maximum atomic E-state index is 12.4. The fourth-order valence-electron chi connectivity index (χ4n) is 2.31. The Hall–Kier alpha value is -1.87. The minimum Gasteiger partial charge on any atom is -0.489 e. The standard InChI is InChI=1S/C16H10INO4S/c1-22-16-11(17)6-9(7-12(16)18(20)21)8-14-15(19)10-4-2-3-5-13(10)23-14/h2-8H,1H3/b14-8-. The lowest BCUT2D eigenvalue weighted by molar-refractivity contribution is -0.385. The van der Waals surface area contributed by atoms with Gasteiger partial charge in [0.15, 0.2) is 0 Å². The first-order valence-corrected chi connectivity index (χ1v) is 8.46. The number of ketones is 1. The van der Waals surface area contributed by atoms with Gasteiger partial charge in [0, 0.05) is 16.5 Å². The molecule has 5 nitrogen and oxygen atoms in total. The molecule has 0 spiro atoms. The molecule has 0 atom stereocenters. The number of nitro benzene ring substituents is 1. The van der Waals surface area contributed by atoms with E-state index in [9.17, 15) is 14.9 Å². The number of hydrogen-bond donors (Lipinski definition) is 0. The summed E-state index contributed by atoms with van der Waals surface area (Å²) in [6, 6.07) is 10.6. The summed E-state index contributed by atoms with van der Waals surface area (Å²) in [5, 5.41) is 11.2. The van der Waals surface area contributed by atoms with E-state index in [4.69, 9.17) is 4.74 Å². The van der Waals surface area contributed by atoms with E-state index in [0.29, 0.717) is 19.6 Å². The van der Waals surface area contributed by atoms with Crippen LogP contribution in [0.2, 0.25) is 0 Å². The van der Waals surface area contributed by atoms with Crippen LogP contribution >= 0.6 is 34.4 Å². The van der Waals surface area contributed by atoms with Crippen molar-refractivity contribution < 1.29 is 14.5 Å². The first-order valence-electron chi connectivity index (χ1n) is 6.56. The molecule has 1 aliphatic heterocycles. The van der Waals surface area contributed by atoms with Crippen LogP contribution in [0.25, 0.3) is 6.08 Å². The average Bonchev–Trinajstić information content (AvgIpc) is 2.83. The Balaban J connectivity index is 2.05. The lowest BCUT2D eigenvalue weighted by Gasteiger charge is -2.06. The predicted molar refractivity (Wildman–Crippen MR) is 97.0 cm³/mol. The number of allylic oxidation sites excluding steroid dienone is 1. The summed E-state index contributed by atoms with van der Waals surface area (Å²) in [5.41, 5.74) is 1.16. The molecule has 0 aromatic heterocycles. The highest BCUT2D eigenvalue weighted by Gasteiger charge is 2.26. The lowest BCUT2D eigenvalue weighted by Crippen LogP contribution is -1.98. The van der Waals surface area contributed by atoms with Gasteiger partial charge in [-0.1, -0.05) is 23.9 Å². The third kappa shape index (κ3) is 2.98. The van der Waals surface area contributed by atoms with E-state index in [0.717, 1.165) is 4.90 Å². The van der Waals surface area contributed by atoms with Gasteiger partial charge in [-0.25, -0.2) is 0 Å². The zero-order chi connectivity index (χ0) is 16.6. The van der Waals surface area contributed by atoms with E-state index in [1.165, 1.54) is 24.9 Å². The molecule has 0 amide bonds. The van der Waals surface area contributed by atoms with Crippen LogP contribution in [0.3, 0.4) is 0 Å². The highest BCUT2D eigenvalue weighted by atomic mass is 127. The number of carbonyl (C=O) groups excluding carboxylic acids is 1. The number of ether oxygens (including phenoxy) is 1. The van der Waals surface area contributed by atoms with Gasteiger partial charge in [-0.2, -0.15) is 0 Å². The van der Waals surface area contributed by atoms with Gasteiger partial charge in [0.2, 0.25) is 11.5 Å². The Bertz CT molecular complexity index is 863. The number of thioether (sulfide) groups is 1. The molecule has 0 saturated heterocycles. The van der Waals surface area contributed by atoms with Gasteiger partial charge in [0.1, 0.15) is 0 Å². The molecule has 1 heterocycles. The predicted octanol–water partition coefficient (Wildman–Crippen LogP) is 4.54. The van der Waals surface area contributed by atoms with E-state index >= 15 is 0 Å². The molecule has 1 aliphatic rings. The molecule has 2 aromatic rings. The number of rotatable bonds is 3. The van der Waals surface area contributed by atoms with Gasteiger partial charge in [0.25, 0.3) is 0 Å². The van der Waals surface area contributed by atoms with Gasteiger partial charge in [-0.15, -0.1) is 0 Å². The third-order valence-electron chi connectivity index (χ3n) is 3.32. The Labute approximate surface area is 150 Å². The third-order valence-corrected chi connectivity index (χ3v) is 5.22. The number of Topliss-reactive ketones (excluding diaryl/α,β-unsaturated/α-hetero) is 1. The van der Waals surface area contributed by atoms with Crippen LogP contribution in [-0.4, -0.2) is 17.8 Å². The van der Waals surface area contributed by atoms with Crippen LogP contribution in [-0.2, 0) is 0 Å². The summed E-state index contributed by atoms with van der Waals surface area (Å²) in [6.45, 7) is 0. The fourth-order valence-corrected chi connectivity index (χ4v) is 4.22. The first kappa shape index (κ1) is 16.0. The number of halogens is 1. The Morgan fingerprint density at radius 1 is 1.30 bits per heavy atom. The van der Waals surface area contributed by atoms with E-state index in [-0.39, 0.29) is 17.2 Å². The molecule has 3 rings (SSSR count). The summed E-state index contributed by atoms with van der Waals surface area (Å²) in [6.07, 6.45) is 1.68.